The maximum Gasteiger partial charge on any atom is 0.312 e. The molecular weight excluding hydrogens is 349 g/mol. The number of rotatable bonds is 3. The van der Waals surface area contributed by atoms with E-state index in [1.165, 1.54) is 0 Å². The lowest BCUT2D eigenvalue weighted by molar-refractivity contribution is -0.156. The Kier molecular flexibility index (Phi) is 4.81. The van der Waals surface area contributed by atoms with E-state index in [-0.39, 0.29) is 24.4 Å². The first-order valence-corrected chi connectivity index (χ1v) is 8.96. The smallest absolute Gasteiger partial charge is 0.312 e. The van der Waals surface area contributed by atoms with E-state index in [0.29, 0.717) is 24.0 Å². The van der Waals surface area contributed by atoms with Crippen LogP contribution in [0.15, 0.2) is 6.33 Å². The lowest BCUT2D eigenvalue weighted by Crippen LogP contribution is -2.34. The van der Waals surface area contributed by atoms with Crippen LogP contribution in [0.1, 0.15) is 52.5 Å². The van der Waals surface area contributed by atoms with Crippen LogP contribution in [0.5, 0.6) is 0 Å². The zero-order valence-electron chi connectivity index (χ0n) is 15.8. The summed E-state index contributed by atoms with van der Waals surface area (Å²) in [5.74, 6) is 2.60. The highest BCUT2D eigenvalue weighted by atomic mass is 19.1. The van der Waals surface area contributed by atoms with Gasteiger partial charge in [-0.15, -0.1) is 6.42 Å². The molecule has 1 aliphatic carbocycles. The van der Waals surface area contributed by atoms with Gasteiger partial charge in [0.1, 0.15) is 12.1 Å². The molecule has 8 heteroatoms. The van der Waals surface area contributed by atoms with Crippen LogP contribution in [0.2, 0.25) is 0 Å². The average molecular weight is 373 g/mol. The monoisotopic (exact) mass is 373 g/mol. The van der Waals surface area contributed by atoms with Crippen molar-refractivity contribution in [1.82, 2.24) is 19.5 Å². The molecule has 2 N–H and O–H groups in total. The lowest BCUT2D eigenvalue weighted by atomic mass is 9.73. The Labute approximate surface area is 157 Å². The zero-order chi connectivity index (χ0) is 19.8. The Balaban J connectivity index is 1.73. The molecule has 0 unspecified atom stereocenters. The fraction of sp³-hybridized carbons (Fsp3) is 0.579. The molecule has 3 rings (SSSR count). The normalized spacial score (nSPS) is 23.1. The number of fused-ring (bicyclic) bond motifs is 1. The molecule has 1 aliphatic rings. The number of nitrogens with zero attached hydrogens (tertiary/aromatic N) is 4. The summed E-state index contributed by atoms with van der Waals surface area (Å²) >= 11 is 0. The molecule has 0 bridgehead atoms. The van der Waals surface area contributed by atoms with Gasteiger partial charge in [0.25, 0.3) is 0 Å². The third-order valence-electron chi connectivity index (χ3n) is 5.12. The van der Waals surface area contributed by atoms with E-state index < -0.39 is 16.9 Å². The maximum atomic E-state index is 13.6. The van der Waals surface area contributed by atoms with Gasteiger partial charge < -0.3 is 15.0 Å². The SMILES string of the molecule is C#CC1(COC(=O)C(C)(C)C)CCC(n2cnc3c(N)nc(F)nc32)CC1. The third-order valence-corrected chi connectivity index (χ3v) is 5.12. The summed E-state index contributed by atoms with van der Waals surface area (Å²) in [5, 5.41) is 0. The molecule has 1 fully saturated rings. The molecule has 0 saturated heterocycles. The number of terminal acetylenes is 1. The van der Waals surface area contributed by atoms with Gasteiger partial charge in [-0.05, 0) is 46.5 Å². The number of anilines is 1. The van der Waals surface area contributed by atoms with Crippen molar-refractivity contribution in [3.8, 4) is 12.3 Å². The van der Waals surface area contributed by atoms with Crippen LogP contribution in [0.25, 0.3) is 11.2 Å². The Morgan fingerprint density at radius 3 is 2.70 bits per heavy atom. The van der Waals surface area contributed by atoms with Crippen LogP contribution in [0.4, 0.5) is 10.2 Å². The summed E-state index contributed by atoms with van der Waals surface area (Å²) in [7, 11) is 0. The van der Waals surface area contributed by atoms with Crippen molar-refractivity contribution in [3.63, 3.8) is 0 Å². The molecule has 2 aromatic heterocycles. The van der Waals surface area contributed by atoms with Gasteiger partial charge in [-0.2, -0.15) is 14.4 Å². The largest absolute Gasteiger partial charge is 0.464 e. The first kappa shape index (κ1) is 19.1. The second kappa shape index (κ2) is 6.80. The van der Waals surface area contributed by atoms with Crippen LogP contribution in [-0.4, -0.2) is 32.1 Å². The highest BCUT2D eigenvalue weighted by Gasteiger charge is 2.37. The first-order chi connectivity index (χ1) is 12.6. The highest BCUT2D eigenvalue weighted by Crippen LogP contribution is 2.42. The number of nitrogen functional groups attached to an aromatic ring is 1. The van der Waals surface area contributed by atoms with Crippen molar-refractivity contribution in [3.05, 3.63) is 12.4 Å². The van der Waals surface area contributed by atoms with Crippen LogP contribution in [0.3, 0.4) is 0 Å². The maximum absolute atomic E-state index is 13.6. The van der Waals surface area contributed by atoms with Crippen LogP contribution >= 0.6 is 0 Å². The number of esters is 1. The Morgan fingerprint density at radius 1 is 1.44 bits per heavy atom. The Bertz CT molecular complexity index is 901. The number of hydrogen-bond acceptors (Lipinski definition) is 6. The number of ether oxygens (including phenoxy) is 1. The van der Waals surface area contributed by atoms with Gasteiger partial charge in [0.05, 0.1) is 17.2 Å². The van der Waals surface area contributed by atoms with E-state index in [1.807, 2.05) is 25.3 Å². The van der Waals surface area contributed by atoms with E-state index in [1.54, 1.807) is 6.33 Å². The number of nitrogens with two attached hydrogens (primary N) is 1. The van der Waals surface area contributed by atoms with E-state index >= 15 is 0 Å². The fourth-order valence-corrected chi connectivity index (χ4v) is 3.36. The molecule has 7 nitrogen and oxygen atoms in total. The van der Waals surface area contributed by atoms with Crippen molar-refractivity contribution in [2.24, 2.45) is 10.8 Å². The number of halogens is 1. The highest BCUT2D eigenvalue weighted by molar-refractivity contribution is 5.81. The van der Waals surface area contributed by atoms with E-state index in [4.69, 9.17) is 16.9 Å². The van der Waals surface area contributed by atoms with Crippen molar-refractivity contribution >= 4 is 23.0 Å². The minimum absolute atomic E-state index is 0.0270. The molecule has 0 amide bonds. The van der Waals surface area contributed by atoms with Gasteiger partial charge >= 0.3 is 12.0 Å². The Hall–Kier alpha value is -2.69. The molecule has 0 aromatic carbocycles. The lowest BCUT2D eigenvalue weighted by Gasteiger charge is -2.36. The predicted molar refractivity (Wildman–Crippen MR) is 98.9 cm³/mol. The molecule has 2 heterocycles. The second-order valence-corrected chi connectivity index (χ2v) is 8.18. The van der Waals surface area contributed by atoms with Gasteiger partial charge in [0.2, 0.25) is 0 Å². The summed E-state index contributed by atoms with van der Waals surface area (Å²) in [6.07, 6.45) is 9.39. The van der Waals surface area contributed by atoms with Crippen molar-refractivity contribution in [2.75, 3.05) is 12.3 Å². The number of hydrogen-bond donors (Lipinski definition) is 1. The van der Waals surface area contributed by atoms with Gasteiger partial charge in [0, 0.05) is 6.04 Å². The minimum Gasteiger partial charge on any atom is -0.464 e. The summed E-state index contributed by atoms with van der Waals surface area (Å²) in [6.45, 7) is 5.64. The van der Waals surface area contributed by atoms with Crippen LogP contribution in [0, 0.1) is 29.3 Å². The molecule has 1 saturated carbocycles. The van der Waals surface area contributed by atoms with Gasteiger partial charge in [-0.25, -0.2) is 4.98 Å². The van der Waals surface area contributed by atoms with Crippen LogP contribution < -0.4 is 5.73 Å². The number of aromatic nitrogens is 4. The van der Waals surface area contributed by atoms with Crippen molar-refractivity contribution in [1.29, 1.82) is 0 Å². The first-order valence-electron chi connectivity index (χ1n) is 8.96. The van der Waals surface area contributed by atoms with E-state index in [2.05, 4.69) is 20.9 Å². The summed E-state index contributed by atoms with van der Waals surface area (Å²) < 4.78 is 20.9. The number of carbonyl (C=O) groups excluding carboxylic acids is 1. The van der Waals surface area contributed by atoms with E-state index in [9.17, 15) is 9.18 Å². The quantitative estimate of drug-likeness (QED) is 0.505. The number of imidazole rings is 1. The molecule has 2 aromatic rings. The average Bonchev–Trinajstić information content (AvgIpc) is 3.03. The second-order valence-electron chi connectivity index (χ2n) is 8.18. The van der Waals surface area contributed by atoms with Crippen molar-refractivity contribution in [2.45, 2.75) is 52.5 Å². The van der Waals surface area contributed by atoms with E-state index in [0.717, 1.165) is 12.8 Å². The molecule has 0 atom stereocenters. The zero-order valence-corrected chi connectivity index (χ0v) is 15.8. The standard InChI is InChI=1S/C19H24FN5O2/c1-5-19(10-27-16(26)18(2,3)4)8-6-12(7-9-19)25-11-22-13-14(21)23-17(20)24-15(13)25/h1,11-12H,6-10H2,2-4H3,(H2,21,23,24). The molecule has 0 spiro atoms. The van der Waals surface area contributed by atoms with Gasteiger partial charge in [-0.3, -0.25) is 4.79 Å². The summed E-state index contributed by atoms with van der Waals surface area (Å²) in [5.41, 5.74) is 5.46. The topological polar surface area (TPSA) is 95.9 Å². The van der Waals surface area contributed by atoms with Crippen molar-refractivity contribution < 1.29 is 13.9 Å². The molecule has 0 aliphatic heterocycles. The Morgan fingerprint density at radius 2 is 2.11 bits per heavy atom. The molecule has 0 radical (unpaired) electrons. The number of carbonyl (C=O) groups is 1. The molecule has 27 heavy (non-hydrogen) atoms. The van der Waals surface area contributed by atoms with Gasteiger partial charge in [0.15, 0.2) is 11.5 Å². The van der Waals surface area contributed by atoms with Crippen LogP contribution in [-0.2, 0) is 9.53 Å². The minimum atomic E-state index is -0.871. The third kappa shape index (κ3) is 3.72. The van der Waals surface area contributed by atoms with Gasteiger partial charge in [-0.1, -0.05) is 5.92 Å². The molecular formula is C19H24FN5O2. The fourth-order valence-electron chi connectivity index (χ4n) is 3.36. The summed E-state index contributed by atoms with van der Waals surface area (Å²) in [6, 6.07) is 0.0727. The predicted octanol–water partition coefficient (Wildman–Crippen LogP) is 2.87. The molecule has 144 valence electrons. The summed E-state index contributed by atoms with van der Waals surface area (Å²) in [4.78, 5) is 23.6.